The van der Waals surface area contributed by atoms with E-state index in [0.29, 0.717) is 33.4 Å². The zero-order valence-corrected chi connectivity index (χ0v) is 21.9. The van der Waals surface area contributed by atoms with Gasteiger partial charge in [0.05, 0.1) is 40.8 Å². The topological polar surface area (TPSA) is 133 Å². The van der Waals surface area contributed by atoms with Crippen LogP contribution in [-0.2, 0) is 6.61 Å². The molecule has 5 rings (SSSR count). The van der Waals surface area contributed by atoms with E-state index in [9.17, 15) is 20.2 Å². The third-order valence-corrected chi connectivity index (χ3v) is 7.06. The molecular weight excluding hydrogens is 510 g/mol. The number of ether oxygens (including phenoxy) is 2. The van der Waals surface area contributed by atoms with Crippen molar-refractivity contribution in [1.29, 1.82) is 5.26 Å². The van der Waals surface area contributed by atoms with Gasteiger partial charge >= 0.3 is 5.69 Å². The van der Waals surface area contributed by atoms with E-state index in [2.05, 4.69) is 11.2 Å². The highest BCUT2D eigenvalue weighted by atomic mass is 16.6. The Morgan fingerprint density at radius 2 is 1.90 bits per heavy atom. The number of para-hydroxylation sites is 1. The minimum absolute atomic E-state index is 0.0583. The van der Waals surface area contributed by atoms with Gasteiger partial charge in [-0.15, -0.1) is 0 Å². The first kappa shape index (κ1) is 26.6. The number of nitrogens with zero attached hydrogens (tertiary/aromatic N) is 5. The number of hydrogen-bond acceptors (Lipinski definition) is 8. The molecule has 0 unspecified atom stereocenters. The lowest BCUT2D eigenvalue weighted by molar-refractivity contribution is -0.386. The summed E-state index contributed by atoms with van der Waals surface area (Å²) in [6.45, 7) is -0.0583. The molecule has 10 heteroatoms. The summed E-state index contributed by atoms with van der Waals surface area (Å²) < 4.78 is 12.6. The largest absolute Gasteiger partial charge is 0.493 e. The minimum Gasteiger partial charge on any atom is -0.493 e. The maximum absolute atomic E-state index is 13.5. The molecule has 0 saturated heterocycles. The smallest absolute Gasteiger partial charge is 0.315 e. The molecule has 1 aliphatic carbocycles. The summed E-state index contributed by atoms with van der Waals surface area (Å²) in [6, 6.07) is 19.0. The number of aromatic nitrogens is 2. The van der Waals surface area contributed by atoms with Crippen LogP contribution in [0, 0.1) is 21.4 Å². The first-order valence-electron chi connectivity index (χ1n) is 13.0. The summed E-state index contributed by atoms with van der Waals surface area (Å²) in [5.41, 5.74) is 1.35. The predicted octanol–water partition coefficient (Wildman–Crippen LogP) is 5.69. The molecule has 1 fully saturated rings. The van der Waals surface area contributed by atoms with Crippen molar-refractivity contribution in [3.63, 3.8) is 0 Å². The van der Waals surface area contributed by atoms with Crippen LogP contribution in [0.15, 0.2) is 70.6 Å². The summed E-state index contributed by atoms with van der Waals surface area (Å²) in [6.07, 6.45) is 6.49. The van der Waals surface area contributed by atoms with Crippen LogP contribution in [-0.4, -0.2) is 27.9 Å². The molecule has 3 aromatic carbocycles. The molecular formula is C30H27N5O5. The van der Waals surface area contributed by atoms with Crippen molar-refractivity contribution in [3.8, 4) is 17.6 Å². The van der Waals surface area contributed by atoms with Gasteiger partial charge in [-0.25, -0.2) is 4.98 Å². The van der Waals surface area contributed by atoms with Crippen LogP contribution in [0.25, 0.3) is 10.9 Å². The molecule has 0 aliphatic heterocycles. The quantitative estimate of drug-likeness (QED) is 0.160. The second-order valence-electron chi connectivity index (χ2n) is 9.57. The van der Waals surface area contributed by atoms with Crippen LogP contribution < -0.4 is 15.0 Å². The summed E-state index contributed by atoms with van der Waals surface area (Å²) in [5.74, 6) is 0.753. The zero-order chi connectivity index (χ0) is 28.1. The van der Waals surface area contributed by atoms with E-state index in [1.165, 1.54) is 24.1 Å². The number of rotatable bonds is 8. The maximum Gasteiger partial charge on any atom is 0.315 e. The van der Waals surface area contributed by atoms with Crippen LogP contribution in [0.1, 0.15) is 60.5 Å². The van der Waals surface area contributed by atoms with Gasteiger partial charge in [0, 0.05) is 23.1 Å². The van der Waals surface area contributed by atoms with Crippen LogP contribution in [0.3, 0.4) is 0 Å². The molecule has 1 aromatic heterocycles. The Kier molecular flexibility index (Phi) is 7.82. The molecule has 10 nitrogen and oxygen atoms in total. The summed E-state index contributed by atoms with van der Waals surface area (Å²) >= 11 is 0. The van der Waals surface area contributed by atoms with Crippen molar-refractivity contribution in [3.05, 3.63) is 104 Å². The van der Waals surface area contributed by atoms with Gasteiger partial charge in [-0.05, 0) is 37.1 Å². The molecule has 1 saturated carbocycles. The lowest BCUT2D eigenvalue weighted by atomic mass is 9.88. The normalized spacial score (nSPS) is 13.8. The number of nitro groups is 1. The van der Waals surface area contributed by atoms with Crippen molar-refractivity contribution in [2.24, 2.45) is 5.10 Å². The van der Waals surface area contributed by atoms with Crippen molar-refractivity contribution in [1.82, 2.24) is 9.66 Å². The lowest BCUT2D eigenvalue weighted by Gasteiger charge is -2.22. The van der Waals surface area contributed by atoms with Gasteiger partial charge in [0.15, 0.2) is 5.75 Å². The van der Waals surface area contributed by atoms with Gasteiger partial charge in [0.2, 0.25) is 5.75 Å². The minimum atomic E-state index is -0.567. The standard InChI is InChI=1S/C30H27N5O5/c1-39-27-16-20(15-26(35(37)38)28(27)40-19-23-12-6-5-11-22(23)17-31)18-32-34-29(21-9-3-2-4-10-21)33-25-14-8-7-13-24(25)30(34)36/h5-8,11-16,18,21H,2-4,9-10,19H2,1H3. The van der Waals surface area contributed by atoms with Gasteiger partial charge in [0.1, 0.15) is 12.4 Å². The summed E-state index contributed by atoms with van der Waals surface area (Å²) in [7, 11) is 1.38. The second kappa shape index (κ2) is 11.8. The Hall–Kier alpha value is -5.04. The Morgan fingerprint density at radius 1 is 1.15 bits per heavy atom. The first-order chi connectivity index (χ1) is 19.5. The van der Waals surface area contributed by atoms with Crippen molar-refractivity contribution in [2.75, 3.05) is 7.11 Å². The number of methoxy groups -OCH3 is 1. The number of benzene rings is 3. The molecule has 0 N–H and O–H groups in total. The molecule has 0 atom stereocenters. The van der Waals surface area contributed by atoms with E-state index < -0.39 is 4.92 Å². The summed E-state index contributed by atoms with van der Waals surface area (Å²) in [4.78, 5) is 29.7. The monoisotopic (exact) mass is 537 g/mol. The average molecular weight is 538 g/mol. The Bertz CT molecular complexity index is 1700. The van der Waals surface area contributed by atoms with E-state index in [-0.39, 0.29) is 35.3 Å². The van der Waals surface area contributed by atoms with Crippen LogP contribution in [0.2, 0.25) is 0 Å². The van der Waals surface area contributed by atoms with Gasteiger partial charge in [-0.2, -0.15) is 15.0 Å². The Labute approximate surface area is 230 Å². The van der Waals surface area contributed by atoms with Gasteiger partial charge in [-0.1, -0.05) is 49.6 Å². The molecule has 0 radical (unpaired) electrons. The molecule has 1 aliphatic rings. The Balaban J connectivity index is 1.54. The van der Waals surface area contributed by atoms with Gasteiger partial charge in [-0.3, -0.25) is 14.9 Å². The van der Waals surface area contributed by atoms with E-state index in [0.717, 1.165) is 32.1 Å². The molecule has 202 valence electrons. The van der Waals surface area contributed by atoms with Crippen molar-refractivity contribution >= 4 is 22.8 Å². The fourth-order valence-corrected chi connectivity index (χ4v) is 5.02. The van der Waals surface area contributed by atoms with Crippen LogP contribution in [0.4, 0.5) is 5.69 Å². The number of hydrogen-bond donors (Lipinski definition) is 0. The van der Waals surface area contributed by atoms with E-state index >= 15 is 0 Å². The van der Waals surface area contributed by atoms with Gasteiger partial charge in [0.25, 0.3) is 5.56 Å². The molecule has 1 heterocycles. The zero-order valence-electron chi connectivity index (χ0n) is 21.9. The predicted molar refractivity (Wildman–Crippen MR) is 150 cm³/mol. The maximum atomic E-state index is 13.5. The Morgan fingerprint density at radius 3 is 2.65 bits per heavy atom. The van der Waals surface area contributed by atoms with Crippen molar-refractivity contribution < 1.29 is 14.4 Å². The van der Waals surface area contributed by atoms with E-state index in [4.69, 9.17) is 14.5 Å². The van der Waals surface area contributed by atoms with Crippen LogP contribution in [0.5, 0.6) is 11.5 Å². The molecule has 0 bridgehead atoms. The third kappa shape index (κ3) is 5.40. The highest BCUT2D eigenvalue weighted by Crippen LogP contribution is 2.39. The number of nitro benzene ring substituents is 1. The fraction of sp³-hybridized carbons (Fsp3) is 0.267. The third-order valence-electron chi connectivity index (χ3n) is 7.06. The molecule has 40 heavy (non-hydrogen) atoms. The summed E-state index contributed by atoms with van der Waals surface area (Å²) in [5, 5.41) is 26.3. The van der Waals surface area contributed by atoms with Crippen LogP contribution >= 0.6 is 0 Å². The van der Waals surface area contributed by atoms with Gasteiger partial charge < -0.3 is 9.47 Å². The van der Waals surface area contributed by atoms with E-state index in [1.54, 1.807) is 42.5 Å². The highest BCUT2D eigenvalue weighted by Gasteiger charge is 2.24. The molecule has 0 spiro atoms. The number of fused-ring (bicyclic) bond motifs is 1. The molecule has 4 aromatic rings. The van der Waals surface area contributed by atoms with Crippen molar-refractivity contribution in [2.45, 2.75) is 44.6 Å². The first-order valence-corrected chi connectivity index (χ1v) is 13.0. The second-order valence-corrected chi connectivity index (χ2v) is 9.57. The molecule has 0 amide bonds. The number of nitriles is 1. The SMILES string of the molecule is COc1cc(C=Nn2c(C3CCCCC3)nc3ccccc3c2=O)cc([N+](=O)[O-])c1OCc1ccccc1C#N. The average Bonchev–Trinajstić information content (AvgIpc) is 2.99. The van der Waals surface area contributed by atoms with E-state index in [1.807, 2.05) is 12.1 Å². The highest BCUT2D eigenvalue weighted by molar-refractivity contribution is 5.83. The lowest BCUT2D eigenvalue weighted by Crippen LogP contribution is -2.25. The fourth-order valence-electron chi connectivity index (χ4n) is 5.02.